The minimum Gasteiger partial charge on any atom is -0.479 e. The topological polar surface area (TPSA) is 82.4 Å². The number of hydrogen-bond donors (Lipinski definition) is 1. The summed E-state index contributed by atoms with van der Waals surface area (Å²) in [5.41, 5.74) is 1.33. The Bertz CT molecular complexity index is 974. The number of carbonyl (C=O) groups is 2. The van der Waals surface area contributed by atoms with Crippen LogP contribution in [0.15, 0.2) is 42.5 Å². The van der Waals surface area contributed by atoms with Crippen molar-refractivity contribution in [1.29, 1.82) is 5.26 Å². The van der Waals surface area contributed by atoms with Crippen molar-refractivity contribution in [2.45, 2.75) is 19.4 Å². The molecule has 1 unspecified atom stereocenters. The molecule has 1 aliphatic rings. The maximum atomic E-state index is 12.8. The van der Waals surface area contributed by atoms with Gasteiger partial charge in [-0.2, -0.15) is 5.26 Å². The summed E-state index contributed by atoms with van der Waals surface area (Å²) in [7, 11) is 0. The zero-order valence-corrected chi connectivity index (χ0v) is 17.7. The zero-order chi connectivity index (χ0) is 21.5. The normalized spacial score (nSPS) is 15.9. The number of amides is 2. The maximum absolute atomic E-state index is 12.8. The van der Waals surface area contributed by atoms with Crippen LogP contribution in [0, 0.1) is 17.2 Å². The maximum Gasteiger partial charge on any atom is 0.253 e. The van der Waals surface area contributed by atoms with E-state index in [0.29, 0.717) is 41.0 Å². The fraction of sp³-hybridized carbons (Fsp3) is 0.318. The molecule has 6 nitrogen and oxygen atoms in total. The number of piperidine rings is 1. The lowest BCUT2D eigenvalue weighted by molar-refractivity contribution is -0.126. The zero-order valence-electron chi connectivity index (χ0n) is 16.2. The number of hydrogen-bond acceptors (Lipinski definition) is 4. The Morgan fingerprint density at radius 3 is 2.80 bits per heavy atom. The fourth-order valence-electron chi connectivity index (χ4n) is 3.38. The van der Waals surface area contributed by atoms with Crippen molar-refractivity contribution in [2.75, 3.05) is 19.7 Å². The highest BCUT2D eigenvalue weighted by molar-refractivity contribution is 6.42. The first-order chi connectivity index (χ1) is 14.5. The van der Waals surface area contributed by atoms with E-state index in [2.05, 4.69) is 5.32 Å². The minimum atomic E-state index is -0.275. The number of carbonyl (C=O) groups excluding carboxylic acids is 2. The molecular weight excluding hydrogens is 425 g/mol. The molecule has 2 amide bonds. The molecule has 1 saturated heterocycles. The Balaban J connectivity index is 1.57. The van der Waals surface area contributed by atoms with E-state index in [1.54, 1.807) is 35.2 Å². The van der Waals surface area contributed by atoms with Gasteiger partial charge in [0.1, 0.15) is 11.8 Å². The molecule has 0 spiro atoms. The van der Waals surface area contributed by atoms with Gasteiger partial charge in [0.25, 0.3) is 5.91 Å². The van der Waals surface area contributed by atoms with Crippen LogP contribution in [-0.4, -0.2) is 36.4 Å². The first-order valence-electron chi connectivity index (χ1n) is 9.58. The Labute approximate surface area is 185 Å². The van der Waals surface area contributed by atoms with Crippen LogP contribution in [0.2, 0.25) is 10.0 Å². The summed E-state index contributed by atoms with van der Waals surface area (Å²) in [6.45, 7) is 1.28. The van der Waals surface area contributed by atoms with Crippen LogP contribution < -0.4 is 10.1 Å². The van der Waals surface area contributed by atoms with Crippen molar-refractivity contribution in [3.05, 3.63) is 63.6 Å². The van der Waals surface area contributed by atoms with Crippen LogP contribution >= 0.6 is 23.2 Å². The minimum absolute atomic E-state index is 0.0272. The van der Waals surface area contributed by atoms with E-state index in [0.717, 1.165) is 18.4 Å². The summed E-state index contributed by atoms with van der Waals surface area (Å²) in [5.74, 6) is 0.0567. The molecule has 1 N–H and O–H groups in total. The second-order valence-corrected chi connectivity index (χ2v) is 7.85. The standard InChI is InChI=1S/C22H21Cl2N3O3/c23-19-7-6-16(12-20(19)24)22(29)27-9-2-4-17(14-27)21(28)26-13-15-3-1-5-18(11-15)30-10-8-25/h1,3,5-7,11-12,17H,2,4,9-10,13-14H2,(H,26,28). The van der Waals surface area contributed by atoms with E-state index in [-0.39, 0.29) is 24.3 Å². The first kappa shape index (κ1) is 21.9. The number of ether oxygens (including phenoxy) is 1. The number of nitrogens with zero attached hydrogens (tertiary/aromatic N) is 2. The molecule has 0 saturated carbocycles. The van der Waals surface area contributed by atoms with Gasteiger partial charge in [-0.15, -0.1) is 0 Å². The summed E-state index contributed by atoms with van der Waals surface area (Å²) in [6.07, 6.45) is 1.48. The fourth-order valence-corrected chi connectivity index (χ4v) is 3.68. The average Bonchev–Trinajstić information content (AvgIpc) is 2.77. The molecule has 30 heavy (non-hydrogen) atoms. The Morgan fingerprint density at radius 2 is 2.03 bits per heavy atom. The van der Waals surface area contributed by atoms with Crippen molar-refractivity contribution < 1.29 is 14.3 Å². The highest BCUT2D eigenvalue weighted by Gasteiger charge is 2.29. The Hall–Kier alpha value is -2.75. The molecule has 2 aromatic rings. The quantitative estimate of drug-likeness (QED) is 0.726. The van der Waals surface area contributed by atoms with Gasteiger partial charge >= 0.3 is 0 Å². The van der Waals surface area contributed by atoms with Gasteiger partial charge < -0.3 is 15.0 Å². The molecule has 0 aliphatic carbocycles. The van der Waals surface area contributed by atoms with Crippen LogP contribution in [0.5, 0.6) is 5.75 Å². The predicted molar refractivity (Wildman–Crippen MR) is 114 cm³/mol. The van der Waals surface area contributed by atoms with Gasteiger partial charge in [0.2, 0.25) is 5.91 Å². The molecular formula is C22H21Cl2N3O3. The SMILES string of the molecule is N#CCOc1cccc(CNC(=O)C2CCCN(C(=O)c3ccc(Cl)c(Cl)c3)C2)c1. The van der Waals surface area contributed by atoms with Gasteiger partial charge in [0, 0.05) is 25.2 Å². The lowest BCUT2D eigenvalue weighted by Gasteiger charge is -2.32. The molecule has 1 heterocycles. The summed E-state index contributed by atoms with van der Waals surface area (Å²) >= 11 is 11.9. The lowest BCUT2D eigenvalue weighted by Crippen LogP contribution is -2.45. The lowest BCUT2D eigenvalue weighted by atomic mass is 9.96. The predicted octanol–water partition coefficient (Wildman–Crippen LogP) is 4.06. The number of halogens is 2. The number of nitriles is 1. The van der Waals surface area contributed by atoms with Crippen molar-refractivity contribution >= 4 is 35.0 Å². The van der Waals surface area contributed by atoms with E-state index < -0.39 is 0 Å². The van der Waals surface area contributed by atoms with Gasteiger partial charge in [-0.1, -0.05) is 35.3 Å². The van der Waals surface area contributed by atoms with Crippen LogP contribution in [-0.2, 0) is 11.3 Å². The molecule has 0 aromatic heterocycles. The van der Waals surface area contributed by atoms with E-state index in [9.17, 15) is 9.59 Å². The summed E-state index contributed by atoms with van der Waals surface area (Å²) in [4.78, 5) is 27.1. The summed E-state index contributed by atoms with van der Waals surface area (Å²) < 4.78 is 5.28. The van der Waals surface area contributed by atoms with Gasteiger partial charge in [-0.3, -0.25) is 9.59 Å². The summed E-state index contributed by atoms with van der Waals surface area (Å²) in [6, 6.07) is 13.9. The molecule has 1 fully saturated rings. The largest absolute Gasteiger partial charge is 0.479 e. The molecule has 0 radical (unpaired) electrons. The van der Waals surface area contributed by atoms with Crippen molar-refractivity contribution in [2.24, 2.45) is 5.92 Å². The van der Waals surface area contributed by atoms with Gasteiger partial charge in [-0.05, 0) is 48.7 Å². The highest BCUT2D eigenvalue weighted by Crippen LogP contribution is 2.25. The number of rotatable bonds is 6. The van der Waals surface area contributed by atoms with Gasteiger partial charge in [0.15, 0.2) is 6.61 Å². The second kappa shape index (κ2) is 10.3. The van der Waals surface area contributed by atoms with Gasteiger partial charge in [-0.25, -0.2) is 0 Å². The van der Waals surface area contributed by atoms with Crippen molar-refractivity contribution in [1.82, 2.24) is 10.2 Å². The molecule has 3 rings (SSSR count). The van der Waals surface area contributed by atoms with Crippen LogP contribution in [0.3, 0.4) is 0 Å². The smallest absolute Gasteiger partial charge is 0.253 e. The second-order valence-electron chi connectivity index (χ2n) is 7.03. The van der Waals surface area contributed by atoms with Crippen LogP contribution in [0.4, 0.5) is 0 Å². The average molecular weight is 446 g/mol. The number of benzene rings is 2. The van der Waals surface area contributed by atoms with Crippen LogP contribution in [0.25, 0.3) is 0 Å². The number of nitrogens with one attached hydrogen (secondary N) is 1. The van der Waals surface area contributed by atoms with Crippen molar-refractivity contribution in [3.8, 4) is 11.8 Å². The Kier molecular flexibility index (Phi) is 7.56. The highest BCUT2D eigenvalue weighted by atomic mass is 35.5. The van der Waals surface area contributed by atoms with E-state index in [1.165, 1.54) is 0 Å². The van der Waals surface area contributed by atoms with Crippen molar-refractivity contribution in [3.63, 3.8) is 0 Å². The Morgan fingerprint density at radius 1 is 1.20 bits per heavy atom. The summed E-state index contributed by atoms with van der Waals surface area (Å²) in [5, 5.41) is 12.3. The van der Waals surface area contributed by atoms with E-state index in [1.807, 2.05) is 18.2 Å². The molecule has 8 heteroatoms. The molecule has 1 atom stereocenters. The third-order valence-electron chi connectivity index (χ3n) is 4.91. The molecule has 1 aliphatic heterocycles. The third kappa shape index (κ3) is 5.65. The van der Waals surface area contributed by atoms with E-state index >= 15 is 0 Å². The molecule has 0 bridgehead atoms. The molecule has 2 aromatic carbocycles. The van der Waals surface area contributed by atoms with Gasteiger partial charge in [0.05, 0.1) is 16.0 Å². The van der Waals surface area contributed by atoms with E-state index in [4.69, 9.17) is 33.2 Å². The molecule has 156 valence electrons. The first-order valence-corrected chi connectivity index (χ1v) is 10.3. The third-order valence-corrected chi connectivity index (χ3v) is 5.65. The van der Waals surface area contributed by atoms with Crippen LogP contribution in [0.1, 0.15) is 28.8 Å². The number of likely N-dealkylation sites (tertiary alicyclic amines) is 1. The monoisotopic (exact) mass is 445 g/mol.